The SMILES string of the molecule is CCNC(CSCC(C)C)Cc1cnn(C)c1. The van der Waals surface area contributed by atoms with E-state index in [0.717, 1.165) is 18.9 Å². The molecule has 0 aromatic carbocycles. The zero-order valence-electron chi connectivity index (χ0n) is 11.4. The number of nitrogens with one attached hydrogen (secondary N) is 1. The van der Waals surface area contributed by atoms with E-state index in [9.17, 15) is 0 Å². The first-order valence-electron chi connectivity index (χ1n) is 6.40. The quantitative estimate of drug-likeness (QED) is 0.773. The highest BCUT2D eigenvalue weighted by Gasteiger charge is 2.10. The summed E-state index contributed by atoms with van der Waals surface area (Å²) in [6.07, 6.45) is 5.15. The van der Waals surface area contributed by atoms with Crippen LogP contribution in [0.3, 0.4) is 0 Å². The van der Waals surface area contributed by atoms with Crippen molar-refractivity contribution >= 4 is 11.8 Å². The van der Waals surface area contributed by atoms with Crippen LogP contribution < -0.4 is 5.32 Å². The number of thioether (sulfide) groups is 1. The monoisotopic (exact) mass is 255 g/mol. The van der Waals surface area contributed by atoms with E-state index in [-0.39, 0.29) is 0 Å². The second-order valence-corrected chi connectivity index (χ2v) is 5.99. The summed E-state index contributed by atoms with van der Waals surface area (Å²) in [6.45, 7) is 7.75. The first-order chi connectivity index (χ1) is 8.11. The lowest BCUT2D eigenvalue weighted by Crippen LogP contribution is -2.33. The van der Waals surface area contributed by atoms with Gasteiger partial charge in [0, 0.05) is 25.0 Å². The van der Waals surface area contributed by atoms with Gasteiger partial charge >= 0.3 is 0 Å². The van der Waals surface area contributed by atoms with Crippen LogP contribution in [-0.2, 0) is 13.5 Å². The zero-order chi connectivity index (χ0) is 12.7. The Labute approximate surface area is 109 Å². The standard InChI is InChI=1S/C13H25N3S/c1-5-14-13(10-17-9-11(2)3)6-12-7-15-16(4)8-12/h7-8,11,13-14H,5-6,9-10H2,1-4H3. The van der Waals surface area contributed by atoms with E-state index in [1.165, 1.54) is 17.1 Å². The molecule has 1 unspecified atom stereocenters. The van der Waals surface area contributed by atoms with Crippen molar-refractivity contribution in [1.29, 1.82) is 0 Å². The van der Waals surface area contributed by atoms with Gasteiger partial charge in [0.15, 0.2) is 0 Å². The normalized spacial score (nSPS) is 13.2. The molecule has 0 fully saturated rings. The van der Waals surface area contributed by atoms with Gasteiger partial charge in [-0.2, -0.15) is 16.9 Å². The second-order valence-electron chi connectivity index (χ2n) is 4.91. The van der Waals surface area contributed by atoms with Crippen molar-refractivity contribution in [3.63, 3.8) is 0 Å². The third-order valence-electron chi connectivity index (χ3n) is 2.50. The van der Waals surface area contributed by atoms with E-state index in [1.807, 2.05) is 29.7 Å². The molecule has 0 saturated carbocycles. The molecule has 1 aromatic heterocycles. The molecule has 0 saturated heterocycles. The minimum absolute atomic E-state index is 0.563. The zero-order valence-corrected chi connectivity index (χ0v) is 12.3. The number of hydrogen-bond acceptors (Lipinski definition) is 3. The number of aromatic nitrogens is 2. The van der Waals surface area contributed by atoms with Crippen molar-refractivity contribution in [3.05, 3.63) is 18.0 Å². The lowest BCUT2D eigenvalue weighted by atomic mass is 10.1. The van der Waals surface area contributed by atoms with Gasteiger partial charge in [0.05, 0.1) is 6.20 Å². The summed E-state index contributed by atoms with van der Waals surface area (Å²) < 4.78 is 1.87. The van der Waals surface area contributed by atoms with Crippen molar-refractivity contribution in [2.24, 2.45) is 13.0 Å². The minimum atomic E-state index is 0.563. The van der Waals surface area contributed by atoms with Gasteiger partial charge in [0.1, 0.15) is 0 Å². The predicted molar refractivity (Wildman–Crippen MR) is 76.5 cm³/mol. The maximum absolute atomic E-state index is 4.22. The molecular formula is C13H25N3S. The Morgan fingerprint density at radius 2 is 2.18 bits per heavy atom. The Morgan fingerprint density at radius 3 is 2.71 bits per heavy atom. The molecule has 0 aliphatic rings. The van der Waals surface area contributed by atoms with Crippen LogP contribution in [-0.4, -0.2) is 33.9 Å². The van der Waals surface area contributed by atoms with Crippen molar-refractivity contribution in [3.8, 4) is 0 Å². The fraction of sp³-hybridized carbons (Fsp3) is 0.769. The second kappa shape index (κ2) is 7.77. The van der Waals surface area contributed by atoms with E-state index in [1.54, 1.807) is 0 Å². The van der Waals surface area contributed by atoms with Crippen molar-refractivity contribution in [1.82, 2.24) is 15.1 Å². The smallest absolute Gasteiger partial charge is 0.0522 e. The van der Waals surface area contributed by atoms with Gasteiger partial charge < -0.3 is 5.32 Å². The van der Waals surface area contributed by atoms with Gasteiger partial charge in [-0.05, 0) is 30.2 Å². The third kappa shape index (κ3) is 6.13. The third-order valence-corrected chi connectivity index (χ3v) is 4.04. The molecule has 4 heteroatoms. The maximum atomic E-state index is 4.22. The van der Waals surface area contributed by atoms with Gasteiger partial charge in [-0.25, -0.2) is 0 Å². The molecule has 0 amide bonds. The Balaban J connectivity index is 2.37. The van der Waals surface area contributed by atoms with Gasteiger partial charge in [-0.15, -0.1) is 0 Å². The first kappa shape index (κ1) is 14.6. The van der Waals surface area contributed by atoms with Crippen molar-refractivity contribution < 1.29 is 0 Å². The number of aryl methyl sites for hydroxylation is 1. The van der Waals surface area contributed by atoms with E-state index < -0.39 is 0 Å². The number of rotatable bonds is 8. The Bertz CT molecular complexity index is 309. The largest absolute Gasteiger partial charge is 0.313 e. The molecule has 0 radical (unpaired) electrons. The van der Waals surface area contributed by atoms with Crippen LogP contribution in [0.1, 0.15) is 26.3 Å². The van der Waals surface area contributed by atoms with Crippen LogP contribution in [0.5, 0.6) is 0 Å². The summed E-state index contributed by atoms with van der Waals surface area (Å²) in [4.78, 5) is 0. The van der Waals surface area contributed by atoms with Crippen LogP contribution >= 0.6 is 11.8 Å². The molecule has 98 valence electrons. The molecule has 0 aliphatic carbocycles. The Morgan fingerprint density at radius 1 is 1.41 bits per heavy atom. The van der Waals surface area contributed by atoms with Crippen molar-refractivity contribution in [2.75, 3.05) is 18.1 Å². The fourth-order valence-corrected chi connectivity index (χ4v) is 2.91. The molecular weight excluding hydrogens is 230 g/mol. The number of hydrogen-bond donors (Lipinski definition) is 1. The maximum Gasteiger partial charge on any atom is 0.0522 e. The topological polar surface area (TPSA) is 29.9 Å². The fourth-order valence-electron chi connectivity index (χ4n) is 1.79. The molecule has 0 bridgehead atoms. The van der Waals surface area contributed by atoms with Gasteiger partial charge in [-0.3, -0.25) is 4.68 Å². The summed E-state index contributed by atoms with van der Waals surface area (Å²) in [6, 6.07) is 0.563. The summed E-state index contributed by atoms with van der Waals surface area (Å²) in [7, 11) is 1.97. The highest BCUT2D eigenvalue weighted by atomic mass is 32.2. The summed E-state index contributed by atoms with van der Waals surface area (Å²) in [5, 5.41) is 7.78. The molecule has 17 heavy (non-hydrogen) atoms. The summed E-state index contributed by atoms with van der Waals surface area (Å²) in [5.41, 5.74) is 1.32. The molecule has 1 aromatic rings. The van der Waals surface area contributed by atoms with Crippen LogP contribution in [0, 0.1) is 5.92 Å². The van der Waals surface area contributed by atoms with E-state index in [4.69, 9.17) is 0 Å². The summed E-state index contributed by atoms with van der Waals surface area (Å²) in [5.74, 6) is 3.20. The van der Waals surface area contributed by atoms with E-state index in [2.05, 4.69) is 37.4 Å². The van der Waals surface area contributed by atoms with Gasteiger partial charge in [-0.1, -0.05) is 20.8 Å². The average Bonchev–Trinajstić information content (AvgIpc) is 2.63. The Hall–Kier alpha value is -0.480. The molecule has 0 spiro atoms. The Kier molecular flexibility index (Phi) is 6.66. The molecule has 1 atom stereocenters. The van der Waals surface area contributed by atoms with E-state index in [0.29, 0.717) is 6.04 Å². The minimum Gasteiger partial charge on any atom is -0.313 e. The molecule has 3 nitrogen and oxygen atoms in total. The van der Waals surface area contributed by atoms with E-state index >= 15 is 0 Å². The lowest BCUT2D eigenvalue weighted by Gasteiger charge is -2.17. The molecule has 0 aliphatic heterocycles. The van der Waals surface area contributed by atoms with Crippen LogP contribution in [0.25, 0.3) is 0 Å². The lowest BCUT2D eigenvalue weighted by molar-refractivity contribution is 0.571. The number of nitrogens with zero attached hydrogens (tertiary/aromatic N) is 2. The number of likely N-dealkylation sites (N-methyl/N-ethyl adjacent to an activating group) is 1. The van der Waals surface area contributed by atoms with Gasteiger partial charge in [0.25, 0.3) is 0 Å². The van der Waals surface area contributed by atoms with Crippen LogP contribution in [0.15, 0.2) is 12.4 Å². The molecule has 1 rings (SSSR count). The average molecular weight is 255 g/mol. The highest BCUT2D eigenvalue weighted by molar-refractivity contribution is 7.99. The first-order valence-corrected chi connectivity index (χ1v) is 7.56. The van der Waals surface area contributed by atoms with Crippen LogP contribution in [0.2, 0.25) is 0 Å². The molecule has 1 N–H and O–H groups in total. The predicted octanol–water partition coefficient (Wildman–Crippen LogP) is 2.33. The summed E-state index contributed by atoms with van der Waals surface area (Å²) >= 11 is 2.05. The van der Waals surface area contributed by atoms with Crippen molar-refractivity contribution in [2.45, 2.75) is 33.2 Å². The van der Waals surface area contributed by atoms with Crippen LogP contribution in [0.4, 0.5) is 0 Å². The highest BCUT2D eigenvalue weighted by Crippen LogP contribution is 2.12. The van der Waals surface area contributed by atoms with Gasteiger partial charge in [0.2, 0.25) is 0 Å². The molecule has 1 heterocycles.